The van der Waals surface area contributed by atoms with Crippen LogP contribution in [0.1, 0.15) is 81.9 Å². The molecule has 0 aliphatic heterocycles. The van der Waals surface area contributed by atoms with Gasteiger partial charge in [-0.15, -0.1) is 0 Å². The molecule has 2 aromatic carbocycles. The fraction of sp³-hybridized carbons (Fsp3) is 0.440. The maximum atomic E-state index is 13.5. The summed E-state index contributed by atoms with van der Waals surface area (Å²) in [5.74, 6) is 1.72. The molecule has 3 aromatic rings. The molecule has 178 valence electrons. The van der Waals surface area contributed by atoms with E-state index in [9.17, 15) is 8.42 Å². The molecule has 0 radical (unpaired) electrons. The second-order valence-electron chi connectivity index (χ2n) is 9.06. The number of methoxy groups -OCH3 is 1. The van der Waals surface area contributed by atoms with E-state index >= 15 is 0 Å². The topological polar surface area (TPSA) is 94.3 Å². The Bertz CT molecular complexity index is 1170. The number of benzene rings is 2. The van der Waals surface area contributed by atoms with Crippen LogP contribution in [-0.2, 0) is 16.6 Å². The van der Waals surface area contributed by atoms with E-state index in [1.807, 2.05) is 52.0 Å². The Morgan fingerprint density at radius 3 is 2.00 bits per heavy atom. The zero-order valence-corrected chi connectivity index (χ0v) is 21.2. The fourth-order valence-electron chi connectivity index (χ4n) is 3.61. The van der Waals surface area contributed by atoms with E-state index in [4.69, 9.17) is 9.26 Å². The molecule has 3 rings (SSSR count). The first-order valence-electron chi connectivity index (χ1n) is 11.2. The molecular weight excluding hydrogens is 438 g/mol. The molecule has 0 fully saturated rings. The third-order valence-corrected chi connectivity index (χ3v) is 7.11. The van der Waals surface area contributed by atoms with Gasteiger partial charge in [0.1, 0.15) is 5.75 Å². The highest BCUT2D eigenvalue weighted by molar-refractivity contribution is 7.89. The molecule has 1 N–H and O–H groups in total. The van der Waals surface area contributed by atoms with Crippen LogP contribution in [0.25, 0.3) is 11.4 Å². The fourth-order valence-corrected chi connectivity index (χ4v) is 5.28. The molecule has 0 amide bonds. The minimum atomic E-state index is -3.81. The van der Waals surface area contributed by atoms with Gasteiger partial charge in [0.2, 0.25) is 21.7 Å². The van der Waals surface area contributed by atoms with Gasteiger partial charge in [-0.1, -0.05) is 58.8 Å². The Labute approximate surface area is 196 Å². The first-order chi connectivity index (χ1) is 15.5. The van der Waals surface area contributed by atoms with Gasteiger partial charge in [0.05, 0.1) is 18.6 Å². The molecule has 8 heteroatoms. The maximum Gasteiger partial charge on any atom is 0.242 e. The summed E-state index contributed by atoms with van der Waals surface area (Å²) in [6.07, 6.45) is 0. The van der Waals surface area contributed by atoms with Crippen LogP contribution in [0.5, 0.6) is 5.75 Å². The Kier molecular flexibility index (Phi) is 7.59. The van der Waals surface area contributed by atoms with Crippen molar-refractivity contribution in [2.24, 2.45) is 0 Å². The van der Waals surface area contributed by atoms with Gasteiger partial charge in [-0.2, -0.15) is 4.98 Å². The van der Waals surface area contributed by atoms with E-state index in [0.717, 1.165) is 28.0 Å². The second kappa shape index (κ2) is 10.1. The van der Waals surface area contributed by atoms with Crippen LogP contribution in [0, 0.1) is 0 Å². The van der Waals surface area contributed by atoms with Gasteiger partial charge in [0.15, 0.2) is 0 Å². The van der Waals surface area contributed by atoms with E-state index in [1.54, 1.807) is 19.2 Å². The molecule has 33 heavy (non-hydrogen) atoms. The van der Waals surface area contributed by atoms with Gasteiger partial charge >= 0.3 is 0 Å². The van der Waals surface area contributed by atoms with Crippen molar-refractivity contribution in [3.05, 3.63) is 59.0 Å². The zero-order chi connectivity index (χ0) is 24.3. The molecule has 0 saturated carbocycles. The highest BCUT2D eigenvalue weighted by Gasteiger charge is 2.27. The lowest BCUT2D eigenvalue weighted by Crippen LogP contribution is -2.26. The molecule has 0 atom stereocenters. The number of nitrogens with zero attached hydrogens (tertiary/aromatic N) is 2. The first-order valence-corrected chi connectivity index (χ1v) is 12.7. The molecule has 0 unspecified atom stereocenters. The normalized spacial score (nSPS) is 12.2. The van der Waals surface area contributed by atoms with Crippen molar-refractivity contribution in [2.45, 2.75) is 70.7 Å². The average Bonchev–Trinajstić information content (AvgIpc) is 3.26. The predicted molar refractivity (Wildman–Crippen MR) is 129 cm³/mol. The van der Waals surface area contributed by atoms with Gasteiger partial charge < -0.3 is 9.26 Å². The summed E-state index contributed by atoms with van der Waals surface area (Å²) < 4.78 is 40.1. The Morgan fingerprint density at radius 2 is 1.52 bits per heavy atom. The monoisotopic (exact) mass is 471 g/mol. The number of aromatic nitrogens is 2. The largest absolute Gasteiger partial charge is 0.497 e. The average molecular weight is 472 g/mol. The van der Waals surface area contributed by atoms with Crippen molar-refractivity contribution >= 4 is 10.0 Å². The number of hydrogen-bond acceptors (Lipinski definition) is 6. The van der Waals surface area contributed by atoms with E-state index < -0.39 is 10.0 Å². The number of rotatable bonds is 9. The molecule has 0 bridgehead atoms. The van der Waals surface area contributed by atoms with E-state index in [2.05, 4.69) is 28.7 Å². The van der Waals surface area contributed by atoms with Crippen molar-refractivity contribution < 1.29 is 17.7 Å². The third kappa shape index (κ3) is 5.62. The van der Waals surface area contributed by atoms with E-state index in [0.29, 0.717) is 16.6 Å². The molecule has 0 aliphatic rings. The van der Waals surface area contributed by atoms with Crippen LogP contribution in [0.4, 0.5) is 0 Å². The maximum absolute atomic E-state index is 13.5. The van der Waals surface area contributed by atoms with Crippen molar-refractivity contribution in [1.29, 1.82) is 0 Å². The lowest BCUT2D eigenvalue weighted by molar-refractivity contribution is 0.376. The molecule has 0 aliphatic carbocycles. The minimum Gasteiger partial charge on any atom is -0.497 e. The number of nitrogens with one attached hydrogen (secondary N) is 1. The molecule has 1 aromatic heterocycles. The lowest BCUT2D eigenvalue weighted by atomic mass is 9.89. The van der Waals surface area contributed by atoms with Crippen LogP contribution in [0.15, 0.2) is 45.8 Å². The molecule has 1 heterocycles. The van der Waals surface area contributed by atoms with Gasteiger partial charge in [0, 0.05) is 5.56 Å². The summed E-state index contributed by atoms with van der Waals surface area (Å²) in [6.45, 7) is 12.2. The van der Waals surface area contributed by atoms with E-state index in [1.165, 1.54) is 0 Å². The SMILES string of the molecule is COc1ccc(-c2noc(CNS(=O)(=O)c3c(C(C)C)cc(C(C)C)cc3C(C)C)n2)cc1. The lowest BCUT2D eigenvalue weighted by Gasteiger charge is -2.22. The standard InChI is InChI=1S/C25H33N3O4S/c1-15(2)19-12-21(16(3)4)24(22(13-19)17(5)6)33(29,30)26-14-23-27-25(28-32-23)18-8-10-20(31-7)11-9-18/h8-13,15-17,26H,14H2,1-7H3. The molecule has 0 saturated heterocycles. The van der Waals surface area contributed by atoms with Crippen LogP contribution >= 0.6 is 0 Å². The zero-order valence-electron chi connectivity index (χ0n) is 20.3. The van der Waals surface area contributed by atoms with Crippen molar-refractivity contribution in [1.82, 2.24) is 14.9 Å². The van der Waals surface area contributed by atoms with Gasteiger partial charge in [-0.05, 0) is 58.7 Å². The molecular formula is C25H33N3O4S. The highest BCUT2D eigenvalue weighted by atomic mass is 32.2. The van der Waals surface area contributed by atoms with E-state index in [-0.39, 0.29) is 24.3 Å². The minimum absolute atomic E-state index is 0.0536. The second-order valence-corrected chi connectivity index (χ2v) is 10.8. The first kappa shape index (κ1) is 24.9. The number of sulfonamides is 1. The van der Waals surface area contributed by atoms with Gasteiger partial charge in [-0.3, -0.25) is 0 Å². The third-order valence-electron chi connectivity index (χ3n) is 5.58. The molecule has 0 spiro atoms. The van der Waals surface area contributed by atoms with Crippen molar-refractivity contribution in [2.75, 3.05) is 7.11 Å². The Balaban J connectivity index is 1.90. The smallest absolute Gasteiger partial charge is 0.242 e. The van der Waals surface area contributed by atoms with Crippen molar-refractivity contribution in [3.63, 3.8) is 0 Å². The Hall–Kier alpha value is -2.71. The summed E-state index contributed by atoms with van der Waals surface area (Å²) in [5, 5.41) is 3.98. The van der Waals surface area contributed by atoms with Gasteiger partial charge in [-0.25, -0.2) is 13.1 Å². The quantitative estimate of drug-likeness (QED) is 0.437. The summed E-state index contributed by atoms with van der Waals surface area (Å²) >= 11 is 0. The molecule has 7 nitrogen and oxygen atoms in total. The Morgan fingerprint density at radius 1 is 0.939 bits per heavy atom. The summed E-state index contributed by atoms with van der Waals surface area (Å²) in [4.78, 5) is 4.69. The highest BCUT2D eigenvalue weighted by Crippen LogP contribution is 2.35. The summed E-state index contributed by atoms with van der Waals surface area (Å²) in [7, 11) is -2.21. The van der Waals surface area contributed by atoms with Crippen LogP contribution in [-0.4, -0.2) is 25.7 Å². The number of hydrogen-bond donors (Lipinski definition) is 1. The summed E-state index contributed by atoms with van der Waals surface area (Å²) in [6, 6.07) is 11.3. The predicted octanol–water partition coefficient (Wildman–Crippen LogP) is 5.59. The summed E-state index contributed by atoms with van der Waals surface area (Å²) in [5.41, 5.74) is 3.54. The van der Waals surface area contributed by atoms with Crippen molar-refractivity contribution in [3.8, 4) is 17.1 Å². The number of ether oxygens (including phenoxy) is 1. The van der Waals surface area contributed by atoms with Crippen LogP contribution < -0.4 is 9.46 Å². The van der Waals surface area contributed by atoms with Crippen LogP contribution in [0.2, 0.25) is 0 Å². The van der Waals surface area contributed by atoms with Gasteiger partial charge in [0.25, 0.3) is 0 Å². The van der Waals surface area contributed by atoms with Crippen LogP contribution in [0.3, 0.4) is 0 Å².